The van der Waals surface area contributed by atoms with Crippen LogP contribution in [0.4, 0.5) is 0 Å². The van der Waals surface area contributed by atoms with Gasteiger partial charge in [-0.2, -0.15) is 5.10 Å². The SMILES string of the molecule is CC(C)n1ccc(CC(CN)Cc2ccccc2Cl)n1. The van der Waals surface area contributed by atoms with Crippen molar-refractivity contribution in [1.82, 2.24) is 9.78 Å². The van der Waals surface area contributed by atoms with Crippen molar-refractivity contribution in [2.75, 3.05) is 6.54 Å². The van der Waals surface area contributed by atoms with Crippen molar-refractivity contribution in [3.63, 3.8) is 0 Å². The molecule has 0 aliphatic carbocycles. The van der Waals surface area contributed by atoms with Crippen LogP contribution in [-0.2, 0) is 12.8 Å². The summed E-state index contributed by atoms with van der Waals surface area (Å²) >= 11 is 6.21. The molecule has 0 saturated heterocycles. The Kier molecular flexibility index (Phi) is 5.21. The fourth-order valence-electron chi connectivity index (χ4n) is 2.28. The van der Waals surface area contributed by atoms with E-state index in [-0.39, 0.29) is 0 Å². The molecule has 1 aromatic heterocycles. The van der Waals surface area contributed by atoms with E-state index in [4.69, 9.17) is 17.3 Å². The molecule has 1 heterocycles. The number of hydrogen-bond donors (Lipinski definition) is 1. The van der Waals surface area contributed by atoms with Crippen LogP contribution in [0, 0.1) is 5.92 Å². The quantitative estimate of drug-likeness (QED) is 0.885. The van der Waals surface area contributed by atoms with Crippen molar-refractivity contribution >= 4 is 11.6 Å². The minimum absolute atomic E-state index is 0.366. The van der Waals surface area contributed by atoms with Crippen molar-refractivity contribution in [2.45, 2.75) is 32.7 Å². The Balaban J connectivity index is 2.03. The molecule has 0 spiro atoms. The smallest absolute Gasteiger partial charge is 0.0628 e. The Morgan fingerprint density at radius 2 is 1.95 bits per heavy atom. The van der Waals surface area contributed by atoms with Crippen molar-refractivity contribution < 1.29 is 0 Å². The molecule has 0 saturated carbocycles. The first-order chi connectivity index (χ1) is 9.60. The molecule has 108 valence electrons. The summed E-state index contributed by atoms with van der Waals surface area (Å²) in [5.74, 6) is 0.366. The second kappa shape index (κ2) is 6.91. The van der Waals surface area contributed by atoms with E-state index in [9.17, 15) is 0 Å². The highest BCUT2D eigenvalue weighted by Gasteiger charge is 2.13. The second-order valence-electron chi connectivity index (χ2n) is 5.48. The standard InChI is InChI=1S/C16H22ClN3/c1-12(2)20-8-7-15(19-20)10-13(11-18)9-14-5-3-4-6-16(14)17/h3-8,12-13H,9-11,18H2,1-2H3. The van der Waals surface area contributed by atoms with Gasteiger partial charge in [0, 0.05) is 17.3 Å². The van der Waals surface area contributed by atoms with Crippen LogP contribution in [0.5, 0.6) is 0 Å². The minimum atomic E-state index is 0.366. The van der Waals surface area contributed by atoms with Gasteiger partial charge in [0.1, 0.15) is 0 Å². The van der Waals surface area contributed by atoms with E-state index >= 15 is 0 Å². The number of nitrogens with two attached hydrogens (primary N) is 1. The maximum Gasteiger partial charge on any atom is 0.0628 e. The fraction of sp³-hybridized carbons (Fsp3) is 0.438. The highest BCUT2D eigenvalue weighted by molar-refractivity contribution is 6.31. The third kappa shape index (κ3) is 3.84. The summed E-state index contributed by atoms with van der Waals surface area (Å²) in [6.07, 6.45) is 3.81. The van der Waals surface area contributed by atoms with Crippen LogP contribution in [0.3, 0.4) is 0 Å². The molecule has 1 unspecified atom stereocenters. The maximum absolute atomic E-state index is 6.21. The van der Waals surface area contributed by atoms with Gasteiger partial charge >= 0.3 is 0 Å². The van der Waals surface area contributed by atoms with Gasteiger partial charge in [-0.3, -0.25) is 4.68 Å². The van der Waals surface area contributed by atoms with Crippen LogP contribution >= 0.6 is 11.6 Å². The van der Waals surface area contributed by atoms with Crippen molar-refractivity contribution in [2.24, 2.45) is 11.7 Å². The highest BCUT2D eigenvalue weighted by atomic mass is 35.5. The van der Waals surface area contributed by atoms with E-state index < -0.39 is 0 Å². The lowest BCUT2D eigenvalue weighted by Gasteiger charge is -2.14. The predicted molar refractivity (Wildman–Crippen MR) is 84.0 cm³/mol. The Morgan fingerprint density at radius 1 is 1.20 bits per heavy atom. The molecule has 4 heteroatoms. The summed E-state index contributed by atoms with van der Waals surface area (Å²) in [6.45, 7) is 4.89. The lowest BCUT2D eigenvalue weighted by Crippen LogP contribution is -2.20. The fourth-order valence-corrected chi connectivity index (χ4v) is 2.50. The molecule has 20 heavy (non-hydrogen) atoms. The van der Waals surface area contributed by atoms with Crippen molar-refractivity contribution in [1.29, 1.82) is 0 Å². The normalized spacial score (nSPS) is 12.8. The molecule has 0 aliphatic rings. The summed E-state index contributed by atoms with van der Waals surface area (Å²) in [5, 5.41) is 5.41. The first-order valence-electron chi connectivity index (χ1n) is 7.07. The van der Waals surface area contributed by atoms with Gasteiger partial charge in [-0.25, -0.2) is 0 Å². The number of benzene rings is 1. The number of halogens is 1. The molecule has 1 aromatic carbocycles. The van der Waals surface area contributed by atoms with Crippen LogP contribution in [0.15, 0.2) is 36.5 Å². The van der Waals surface area contributed by atoms with Gasteiger partial charge in [-0.1, -0.05) is 29.8 Å². The Hall–Kier alpha value is -1.32. The number of aromatic nitrogens is 2. The Morgan fingerprint density at radius 3 is 2.55 bits per heavy atom. The molecule has 0 amide bonds. The summed E-state index contributed by atoms with van der Waals surface area (Å²) in [4.78, 5) is 0. The van der Waals surface area contributed by atoms with E-state index in [2.05, 4.69) is 31.1 Å². The molecule has 0 radical (unpaired) electrons. The first kappa shape index (κ1) is 15.1. The van der Waals surface area contributed by atoms with Gasteiger partial charge in [0.2, 0.25) is 0 Å². The zero-order valence-corrected chi connectivity index (χ0v) is 12.8. The zero-order valence-electron chi connectivity index (χ0n) is 12.1. The number of nitrogens with zero attached hydrogens (tertiary/aromatic N) is 2. The zero-order chi connectivity index (χ0) is 14.5. The van der Waals surface area contributed by atoms with E-state index in [0.29, 0.717) is 18.5 Å². The van der Waals surface area contributed by atoms with E-state index in [1.807, 2.05) is 29.1 Å². The van der Waals surface area contributed by atoms with Gasteiger partial charge < -0.3 is 5.73 Å². The molecular weight excluding hydrogens is 270 g/mol. The van der Waals surface area contributed by atoms with E-state index in [0.717, 1.165) is 29.1 Å². The van der Waals surface area contributed by atoms with Crippen LogP contribution in [0.1, 0.15) is 31.1 Å². The topological polar surface area (TPSA) is 43.8 Å². The third-order valence-electron chi connectivity index (χ3n) is 3.49. The third-order valence-corrected chi connectivity index (χ3v) is 3.86. The molecule has 2 rings (SSSR count). The number of hydrogen-bond acceptors (Lipinski definition) is 2. The van der Waals surface area contributed by atoms with Gasteiger partial charge in [-0.05, 0) is 56.8 Å². The van der Waals surface area contributed by atoms with E-state index in [1.54, 1.807) is 0 Å². The molecule has 0 aliphatic heterocycles. The molecule has 1 atom stereocenters. The second-order valence-corrected chi connectivity index (χ2v) is 5.89. The number of rotatable bonds is 6. The van der Waals surface area contributed by atoms with Crippen LogP contribution in [-0.4, -0.2) is 16.3 Å². The monoisotopic (exact) mass is 291 g/mol. The summed E-state index contributed by atoms with van der Waals surface area (Å²) < 4.78 is 1.98. The highest BCUT2D eigenvalue weighted by Crippen LogP contribution is 2.20. The lowest BCUT2D eigenvalue weighted by atomic mass is 9.95. The molecule has 3 nitrogen and oxygen atoms in total. The predicted octanol–water partition coefficient (Wildman–Crippen LogP) is 3.48. The molecule has 2 aromatic rings. The maximum atomic E-state index is 6.21. The Labute approximate surface area is 125 Å². The van der Waals surface area contributed by atoms with Gasteiger partial charge in [0.25, 0.3) is 0 Å². The van der Waals surface area contributed by atoms with Gasteiger partial charge in [0.15, 0.2) is 0 Å². The van der Waals surface area contributed by atoms with Crippen molar-refractivity contribution in [3.8, 4) is 0 Å². The summed E-state index contributed by atoms with van der Waals surface area (Å²) in [6, 6.07) is 10.4. The largest absolute Gasteiger partial charge is 0.330 e. The minimum Gasteiger partial charge on any atom is -0.330 e. The average molecular weight is 292 g/mol. The van der Waals surface area contributed by atoms with Crippen LogP contribution in [0.25, 0.3) is 0 Å². The van der Waals surface area contributed by atoms with Crippen LogP contribution < -0.4 is 5.73 Å². The van der Waals surface area contributed by atoms with Gasteiger partial charge in [0.05, 0.1) is 5.69 Å². The molecule has 2 N–H and O–H groups in total. The molecule has 0 fully saturated rings. The lowest BCUT2D eigenvalue weighted by molar-refractivity contribution is 0.497. The molecular formula is C16H22ClN3. The molecule has 0 bridgehead atoms. The Bertz CT molecular complexity index is 548. The van der Waals surface area contributed by atoms with Crippen LogP contribution in [0.2, 0.25) is 5.02 Å². The summed E-state index contributed by atoms with van der Waals surface area (Å²) in [7, 11) is 0. The first-order valence-corrected chi connectivity index (χ1v) is 7.45. The van der Waals surface area contributed by atoms with Gasteiger partial charge in [-0.15, -0.1) is 0 Å². The summed E-state index contributed by atoms with van der Waals surface area (Å²) in [5.41, 5.74) is 8.17. The average Bonchev–Trinajstić information content (AvgIpc) is 2.89. The van der Waals surface area contributed by atoms with Crippen molar-refractivity contribution in [3.05, 3.63) is 52.8 Å². The van der Waals surface area contributed by atoms with E-state index in [1.165, 1.54) is 0 Å².